The smallest absolute Gasteiger partial charge is 0.189 e. The molecular weight excluding hydrogens is 320 g/mol. The summed E-state index contributed by atoms with van der Waals surface area (Å²) in [5.74, 6) is 0.157. The SMILES string of the molecule is CC1=CC(=CC=C2C=C(C)C(=O)c3ccccc32)c2ccccc2C1=O. The minimum atomic E-state index is 0.0785. The Kier molecular flexibility index (Phi) is 3.89. The second-order valence-electron chi connectivity index (χ2n) is 6.65. The minimum Gasteiger partial charge on any atom is -0.289 e. The largest absolute Gasteiger partial charge is 0.289 e. The summed E-state index contributed by atoms with van der Waals surface area (Å²) in [7, 11) is 0. The van der Waals surface area contributed by atoms with Crippen molar-refractivity contribution in [1.29, 1.82) is 0 Å². The number of hydrogen-bond acceptors (Lipinski definition) is 2. The Morgan fingerprint density at radius 2 is 0.923 bits per heavy atom. The maximum Gasteiger partial charge on any atom is 0.189 e. The van der Waals surface area contributed by atoms with Gasteiger partial charge in [0.25, 0.3) is 0 Å². The number of Topliss-reactive ketones (excluding diaryl/α,β-unsaturated/α-hetero) is 2. The van der Waals surface area contributed by atoms with Crippen molar-refractivity contribution in [3.63, 3.8) is 0 Å². The van der Waals surface area contributed by atoms with Gasteiger partial charge in [-0.05, 0) is 59.4 Å². The molecule has 0 saturated heterocycles. The molecule has 0 unspecified atom stereocenters. The zero-order chi connectivity index (χ0) is 18.3. The van der Waals surface area contributed by atoms with Crippen LogP contribution in [0.1, 0.15) is 45.7 Å². The second kappa shape index (κ2) is 6.23. The fourth-order valence-electron chi connectivity index (χ4n) is 3.50. The van der Waals surface area contributed by atoms with Crippen molar-refractivity contribution in [2.24, 2.45) is 0 Å². The highest BCUT2D eigenvalue weighted by Gasteiger charge is 2.21. The average molecular weight is 338 g/mol. The van der Waals surface area contributed by atoms with Crippen molar-refractivity contribution < 1.29 is 9.59 Å². The lowest BCUT2D eigenvalue weighted by Crippen LogP contribution is -2.10. The van der Waals surface area contributed by atoms with E-state index < -0.39 is 0 Å². The summed E-state index contributed by atoms with van der Waals surface area (Å²) < 4.78 is 0. The molecule has 2 aliphatic rings. The van der Waals surface area contributed by atoms with E-state index in [0.29, 0.717) is 0 Å². The minimum absolute atomic E-state index is 0.0785. The maximum absolute atomic E-state index is 12.4. The van der Waals surface area contributed by atoms with E-state index in [1.54, 1.807) is 0 Å². The Bertz CT molecular complexity index is 987. The summed E-state index contributed by atoms with van der Waals surface area (Å²) in [6.07, 6.45) is 7.91. The number of benzene rings is 2. The molecule has 0 aliphatic heterocycles. The molecule has 2 aliphatic carbocycles. The molecule has 2 aromatic rings. The van der Waals surface area contributed by atoms with Gasteiger partial charge >= 0.3 is 0 Å². The summed E-state index contributed by atoms with van der Waals surface area (Å²) >= 11 is 0. The third kappa shape index (κ3) is 2.60. The average Bonchev–Trinajstić information content (AvgIpc) is 2.67. The lowest BCUT2D eigenvalue weighted by Gasteiger charge is -2.17. The molecule has 0 saturated carbocycles. The van der Waals surface area contributed by atoms with Crippen LogP contribution in [0, 0.1) is 0 Å². The zero-order valence-electron chi connectivity index (χ0n) is 14.7. The predicted octanol–water partition coefficient (Wildman–Crippen LogP) is 5.44. The molecule has 0 amide bonds. The third-order valence-corrected chi connectivity index (χ3v) is 4.87. The van der Waals surface area contributed by atoms with Gasteiger partial charge in [-0.25, -0.2) is 0 Å². The Morgan fingerprint density at radius 3 is 1.31 bits per heavy atom. The van der Waals surface area contributed by atoms with Gasteiger partial charge in [0, 0.05) is 11.1 Å². The fraction of sp³-hybridized carbons (Fsp3) is 0.0833. The fourth-order valence-corrected chi connectivity index (χ4v) is 3.50. The van der Waals surface area contributed by atoms with Crippen LogP contribution < -0.4 is 0 Å². The lowest BCUT2D eigenvalue weighted by molar-refractivity contribution is 0.102. The van der Waals surface area contributed by atoms with Gasteiger partial charge in [-0.3, -0.25) is 9.59 Å². The van der Waals surface area contributed by atoms with Crippen LogP contribution in [0.15, 0.2) is 84.0 Å². The lowest BCUT2D eigenvalue weighted by atomic mass is 9.85. The summed E-state index contributed by atoms with van der Waals surface area (Å²) in [4.78, 5) is 24.7. The first-order valence-corrected chi connectivity index (χ1v) is 8.63. The maximum atomic E-state index is 12.4. The van der Waals surface area contributed by atoms with Crippen molar-refractivity contribution in [3.05, 3.63) is 106 Å². The molecule has 0 heterocycles. The van der Waals surface area contributed by atoms with E-state index in [9.17, 15) is 9.59 Å². The van der Waals surface area contributed by atoms with Crippen LogP contribution in [0.5, 0.6) is 0 Å². The van der Waals surface area contributed by atoms with Crippen molar-refractivity contribution in [3.8, 4) is 0 Å². The van der Waals surface area contributed by atoms with E-state index in [1.807, 2.05) is 86.7 Å². The van der Waals surface area contributed by atoms with E-state index in [-0.39, 0.29) is 11.6 Å². The highest BCUT2D eigenvalue weighted by atomic mass is 16.1. The van der Waals surface area contributed by atoms with Crippen LogP contribution in [0.25, 0.3) is 11.1 Å². The molecule has 2 aromatic carbocycles. The number of rotatable bonds is 1. The molecular formula is C24H18O2. The molecule has 0 radical (unpaired) electrons. The van der Waals surface area contributed by atoms with E-state index >= 15 is 0 Å². The third-order valence-electron chi connectivity index (χ3n) is 4.87. The Labute approximate surface area is 152 Å². The van der Waals surface area contributed by atoms with Crippen LogP contribution in [-0.2, 0) is 0 Å². The first-order valence-electron chi connectivity index (χ1n) is 8.63. The molecule has 0 aromatic heterocycles. The van der Waals surface area contributed by atoms with Gasteiger partial charge in [0.1, 0.15) is 0 Å². The summed E-state index contributed by atoms with van der Waals surface area (Å²) in [6, 6.07) is 15.4. The molecule has 0 spiro atoms. The molecule has 126 valence electrons. The second-order valence-corrected chi connectivity index (χ2v) is 6.65. The highest BCUT2D eigenvalue weighted by Crippen LogP contribution is 2.32. The van der Waals surface area contributed by atoms with Crippen LogP contribution in [0.2, 0.25) is 0 Å². The quantitative estimate of drug-likeness (QED) is 0.694. The Hall–Kier alpha value is -3.26. The van der Waals surface area contributed by atoms with Crippen LogP contribution in [0.3, 0.4) is 0 Å². The molecule has 2 nitrogen and oxygen atoms in total. The van der Waals surface area contributed by atoms with Crippen LogP contribution in [-0.4, -0.2) is 11.6 Å². The number of carbonyl (C=O) groups is 2. The van der Waals surface area contributed by atoms with Gasteiger partial charge in [-0.2, -0.15) is 0 Å². The summed E-state index contributed by atoms with van der Waals surface area (Å²) in [5.41, 5.74) is 6.85. The zero-order valence-corrected chi connectivity index (χ0v) is 14.7. The molecule has 0 N–H and O–H groups in total. The van der Waals surface area contributed by atoms with Gasteiger partial charge in [0.2, 0.25) is 0 Å². The van der Waals surface area contributed by atoms with Gasteiger partial charge in [0.05, 0.1) is 0 Å². The molecule has 0 atom stereocenters. The van der Waals surface area contributed by atoms with Gasteiger partial charge in [0.15, 0.2) is 11.6 Å². The highest BCUT2D eigenvalue weighted by molar-refractivity contribution is 6.17. The first-order chi connectivity index (χ1) is 12.6. The number of fused-ring (bicyclic) bond motifs is 2. The number of carbonyl (C=O) groups excluding carboxylic acids is 2. The van der Waals surface area contributed by atoms with E-state index in [1.165, 1.54) is 0 Å². The van der Waals surface area contributed by atoms with Gasteiger partial charge in [-0.15, -0.1) is 0 Å². The van der Waals surface area contributed by atoms with Crippen molar-refractivity contribution in [1.82, 2.24) is 0 Å². The number of allylic oxidation sites excluding steroid dienone is 8. The Morgan fingerprint density at radius 1 is 0.577 bits per heavy atom. The molecule has 2 heteroatoms. The van der Waals surface area contributed by atoms with E-state index in [4.69, 9.17) is 0 Å². The normalized spacial score (nSPS) is 19.2. The van der Waals surface area contributed by atoms with Gasteiger partial charge < -0.3 is 0 Å². The van der Waals surface area contributed by atoms with E-state index in [0.717, 1.165) is 44.5 Å². The van der Waals surface area contributed by atoms with Crippen molar-refractivity contribution >= 4 is 22.7 Å². The van der Waals surface area contributed by atoms with Crippen molar-refractivity contribution in [2.75, 3.05) is 0 Å². The van der Waals surface area contributed by atoms with Crippen molar-refractivity contribution in [2.45, 2.75) is 13.8 Å². The summed E-state index contributed by atoms with van der Waals surface area (Å²) in [5, 5.41) is 0. The Balaban J connectivity index is 1.85. The molecule has 4 rings (SSSR count). The van der Waals surface area contributed by atoms with E-state index in [2.05, 4.69) is 0 Å². The van der Waals surface area contributed by atoms with Crippen LogP contribution >= 0.6 is 0 Å². The van der Waals surface area contributed by atoms with Gasteiger partial charge in [-0.1, -0.05) is 60.7 Å². The molecule has 0 fully saturated rings. The first kappa shape index (κ1) is 16.2. The topological polar surface area (TPSA) is 34.1 Å². The summed E-state index contributed by atoms with van der Waals surface area (Å²) in [6.45, 7) is 3.69. The molecule has 26 heavy (non-hydrogen) atoms. The number of ketones is 2. The predicted molar refractivity (Wildman–Crippen MR) is 105 cm³/mol. The number of hydrogen-bond donors (Lipinski definition) is 0. The monoisotopic (exact) mass is 338 g/mol. The molecule has 0 bridgehead atoms. The standard InChI is InChI=1S/C24H18O2/c1-15-13-17(19-7-3-5-9-21(19)23(15)25)11-12-18-14-16(2)24(26)22-10-6-4-8-20(18)22/h3-14H,1-2H3. The van der Waals surface area contributed by atoms with Crippen LogP contribution in [0.4, 0.5) is 0 Å².